The molecule has 7 rings (SSSR count). The predicted molar refractivity (Wildman–Crippen MR) is 137 cm³/mol. The highest BCUT2D eigenvalue weighted by Gasteiger charge is 2.18. The lowest BCUT2D eigenvalue weighted by molar-refractivity contribution is 0.666. The smallest absolute Gasteiger partial charge is 0.197 e. The highest BCUT2D eigenvalue weighted by atomic mass is 79.9. The van der Waals surface area contributed by atoms with Crippen LogP contribution in [-0.2, 0) is 0 Å². The lowest BCUT2D eigenvalue weighted by Gasteiger charge is -2.09. The highest BCUT2D eigenvalue weighted by molar-refractivity contribution is 9.10. The molecule has 0 amide bonds. The van der Waals surface area contributed by atoms with Gasteiger partial charge in [0.2, 0.25) is 0 Å². The minimum Gasteiger partial charge on any atom is -0.452 e. The second-order valence-corrected chi connectivity index (χ2v) is 8.75. The molecule has 0 saturated heterocycles. The maximum absolute atomic E-state index is 6.23. The third-order valence-electron chi connectivity index (χ3n) is 6.15. The van der Waals surface area contributed by atoms with Crippen LogP contribution in [0.2, 0.25) is 0 Å². The van der Waals surface area contributed by atoms with E-state index in [2.05, 4.69) is 92.2 Å². The van der Waals surface area contributed by atoms with Crippen LogP contribution < -0.4 is 0 Å². The number of rotatable bonds is 2. The Morgan fingerprint density at radius 3 is 2.27 bits per heavy atom. The fourth-order valence-corrected chi connectivity index (χ4v) is 5.09. The van der Waals surface area contributed by atoms with Gasteiger partial charge in [0.1, 0.15) is 16.8 Å². The van der Waals surface area contributed by atoms with Crippen molar-refractivity contribution in [3.8, 4) is 16.9 Å². The minimum atomic E-state index is 0.542. The van der Waals surface area contributed by atoms with Crippen LogP contribution in [0.3, 0.4) is 0 Å². The van der Waals surface area contributed by atoms with Crippen LogP contribution >= 0.6 is 15.9 Å². The Morgan fingerprint density at radius 1 is 0.667 bits per heavy atom. The molecule has 3 aromatic heterocycles. The molecule has 33 heavy (non-hydrogen) atoms. The third-order valence-corrected chi connectivity index (χ3v) is 6.51. The van der Waals surface area contributed by atoms with E-state index in [9.17, 15) is 0 Å². The fraction of sp³-hybridized carbons (Fsp3) is 0. The summed E-state index contributed by atoms with van der Waals surface area (Å²) in [5.41, 5.74) is 7.49. The van der Waals surface area contributed by atoms with Crippen LogP contribution in [-0.4, -0.2) is 14.5 Å². The van der Waals surface area contributed by atoms with E-state index in [1.807, 2.05) is 30.3 Å². The zero-order chi connectivity index (χ0) is 21.9. The molecule has 0 aliphatic carbocycles. The molecule has 0 radical (unpaired) electrons. The molecule has 0 saturated carbocycles. The van der Waals surface area contributed by atoms with Gasteiger partial charge in [0.05, 0.1) is 11.0 Å². The van der Waals surface area contributed by atoms with Gasteiger partial charge in [0.15, 0.2) is 10.3 Å². The quantitative estimate of drug-likeness (QED) is 0.232. The van der Waals surface area contributed by atoms with Gasteiger partial charge < -0.3 is 8.98 Å². The Hall–Kier alpha value is -3.96. The van der Waals surface area contributed by atoms with Crippen LogP contribution in [0.1, 0.15) is 0 Å². The number of hydrogen-bond acceptors (Lipinski definition) is 3. The number of halogens is 1. The van der Waals surface area contributed by atoms with Crippen molar-refractivity contribution in [2.24, 2.45) is 0 Å². The normalized spacial score (nSPS) is 11.8. The maximum Gasteiger partial charge on any atom is 0.197 e. The molecule has 0 aliphatic rings. The van der Waals surface area contributed by atoms with E-state index in [1.54, 1.807) is 0 Å². The molecular formula is C28H16BrN3O. The molecular weight excluding hydrogens is 474 g/mol. The van der Waals surface area contributed by atoms with Crippen molar-refractivity contribution < 1.29 is 4.42 Å². The van der Waals surface area contributed by atoms with Crippen LogP contribution in [0.5, 0.6) is 0 Å². The predicted octanol–water partition coefficient (Wildman–Crippen LogP) is 7.90. The number of para-hydroxylation sites is 3. The molecule has 0 N–H and O–H groups in total. The zero-order valence-corrected chi connectivity index (χ0v) is 19.0. The summed E-state index contributed by atoms with van der Waals surface area (Å²) < 4.78 is 9.07. The Morgan fingerprint density at radius 2 is 1.39 bits per heavy atom. The molecule has 3 heterocycles. The Kier molecular flexibility index (Phi) is 3.96. The summed E-state index contributed by atoms with van der Waals surface area (Å²) in [7, 11) is 0. The second-order valence-electron chi connectivity index (χ2n) is 8.04. The molecule has 0 unspecified atom stereocenters. The van der Waals surface area contributed by atoms with Crippen LogP contribution in [0.15, 0.2) is 106 Å². The van der Waals surface area contributed by atoms with E-state index < -0.39 is 0 Å². The van der Waals surface area contributed by atoms with Crippen molar-refractivity contribution in [1.29, 1.82) is 0 Å². The van der Waals surface area contributed by atoms with E-state index >= 15 is 0 Å². The van der Waals surface area contributed by atoms with Crippen molar-refractivity contribution in [2.45, 2.75) is 0 Å². The number of fused-ring (bicyclic) bond motifs is 6. The number of aromatic nitrogens is 3. The molecule has 0 fully saturated rings. The number of nitrogens with zero attached hydrogens (tertiary/aromatic N) is 3. The van der Waals surface area contributed by atoms with Crippen molar-refractivity contribution in [2.75, 3.05) is 0 Å². The first kappa shape index (κ1) is 18.6. The Bertz CT molecular complexity index is 1830. The monoisotopic (exact) mass is 489 g/mol. The molecule has 0 spiro atoms. The lowest BCUT2D eigenvalue weighted by Crippen LogP contribution is -1.94. The molecule has 0 aliphatic heterocycles. The van der Waals surface area contributed by atoms with Crippen molar-refractivity contribution >= 4 is 59.8 Å². The summed E-state index contributed by atoms with van der Waals surface area (Å²) in [5.74, 6) is 0. The average molecular weight is 490 g/mol. The van der Waals surface area contributed by atoms with Gasteiger partial charge in [0, 0.05) is 27.4 Å². The Labute approximate surface area is 197 Å². The fourth-order valence-electron chi connectivity index (χ4n) is 4.73. The van der Waals surface area contributed by atoms with E-state index in [0.29, 0.717) is 10.3 Å². The SMILES string of the molecule is Brc1nc(-c2ccc3c4ccccc4n(-c4ccccc4)c3c2)c2oc3ccccc3c2n1. The number of hydrogen-bond donors (Lipinski definition) is 0. The maximum atomic E-state index is 6.23. The Balaban J connectivity index is 1.58. The first-order chi connectivity index (χ1) is 16.3. The topological polar surface area (TPSA) is 43.9 Å². The highest BCUT2D eigenvalue weighted by Crippen LogP contribution is 2.38. The number of benzene rings is 4. The molecule has 0 atom stereocenters. The molecule has 7 aromatic rings. The van der Waals surface area contributed by atoms with E-state index in [4.69, 9.17) is 9.40 Å². The van der Waals surface area contributed by atoms with Crippen molar-refractivity contribution in [1.82, 2.24) is 14.5 Å². The summed E-state index contributed by atoms with van der Waals surface area (Å²) in [5, 5.41) is 3.41. The van der Waals surface area contributed by atoms with E-state index in [1.165, 1.54) is 16.3 Å². The first-order valence-corrected chi connectivity index (χ1v) is 11.5. The van der Waals surface area contributed by atoms with Gasteiger partial charge in [-0.2, -0.15) is 0 Å². The number of furan rings is 1. The largest absolute Gasteiger partial charge is 0.452 e. The van der Waals surface area contributed by atoms with Crippen molar-refractivity contribution in [3.63, 3.8) is 0 Å². The van der Waals surface area contributed by atoms with Gasteiger partial charge in [-0.25, -0.2) is 9.97 Å². The minimum absolute atomic E-state index is 0.542. The second kappa shape index (κ2) is 7.02. The van der Waals surface area contributed by atoms with Gasteiger partial charge in [-0.15, -0.1) is 0 Å². The first-order valence-electron chi connectivity index (χ1n) is 10.7. The van der Waals surface area contributed by atoms with Gasteiger partial charge in [-0.3, -0.25) is 0 Å². The summed E-state index contributed by atoms with van der Waals surface area (Å²) in [4.78, 5) is 9.35. The molecule has 4 nitrogen and oxygen atoms in total. The van der Waals surface area contributed by atoms with Gasteiger partial charge >= 0.3 is 0 Å². The standard InChI is InChI=1S/C28H16BrN3O/c29-28-30-25(27-26(31-28)21-11-5-7-13-24(21)33-27)17-14-15-20-19-10-4-6-12-22(19)32(23(20)16-17)18-8-2-1-3-9-18/h1-16H. The van der Waals surface area contributed by atoms with E-state index in [0.717, 1.165) is 38.9 Å². The molecule has 156 valence electrons. The van der Waals surface area contributed by atoms with Crippen LogP contribution in [0.4, 0.5) is 0 Å². The summed E-state index contributed by atoms with van der Waals surface area (Å²) in [6.45, 7) is 0. The summed E-state index contributed by atoms with van der Waals surface area (Å²) in [6, 6.07) is 33.4. The third kappa shape index (κ3) is 2.76. The summed E-state index contributed by atoms with van der Waals surface area (Å²) >= 11 is 3.51. The van der Waals surface area contributed by atoms with Crippen molar-refractivity contribution in [3.05, 3.63) is 102 Å². The lowest BCUT2D eigenvalue weighted by atomic mass is 10.1. The van der Waals surface area contributed by atoms with Crippen LogP contribution in [0, 0.1) is 0 Å². The molecule has 4 aromatic carbocycles. The molecule has 0 bridgehead atoms. The zero-order valence-electron chi connectivity index (χ0n) is 17.4. The average Bonchev–Trinajstić information content (AvgIpc) is 3.39. The van der Waals surface area contributed by atoms with Gasteiger partial charge in [-0.05, 0) is 52.3 Å². The summed E-state index contributed by atoms with van der Waals surface area (Å²) in [6.07, 6.45) is 0. The van der Waals surface area contributed by atoms with Gasteiger partial charge in [0.25, 0.3) is 0 Å². The molecule has 5 heteroatoms. The van der Waals surface area contributed by atoms with Gasteiger partial charge in [-0.1, -0.05) is 60.7 Å². The van der Waals surface area contributed by atoms with E-state index in [-0.39, 0.29) is 0 Å². The van der Waals surface area contributed by atoms with Crippen LogP contribution in [0.25, 0.3) is 60.8 Å².